The first-order chi connectivity index (χ1) is 10.9. The standard InChI is InChI=1S/C19H31NO2S/c1-5-18(21)14(2)10-8-6-7-9-11-19(22)15(3)12-17-13-23-16(4)20-17/h7,9,12-14,18-19,21-22H,5-6,8,10-11H2,1-4H3. The van der Waals surface area contributed by atoms with Crippen molar-refractivity contribution in [2.24, 2.45) is 5.92 Å². The number of hydrogen-bond acceptors (Lipinski definition) is 4. The number of allylic oxidation sites excluding steroid dienone is 1. The van der Waals surface area contributed by atoms with Gasteiger partial charge in [0.15, 0.2) is 0 Å². The molecular formula is C19H31NO2S. The summed E-state index contributed by atoms with van der Waals surface area (Å²) in [6.07, 6.45) is 10.1. The monoisotopic (exact) mass is 337 g/mol. The van der Waals surface area contributed by atoms with E-state index in [-0.39, 0.29) is 6.10 Å². The molecule has 3 unspecified atom stereocenters. The van der Waals surface area contributed by atoms with Gasteiger partial charge in [0, 0.05) is 5.38 Å². The Balaban J connectivity index is 2.27. The predicted octanol–water partition coefficient (Wildman–Crippen LogP) is 4.74. The molecule has 0 aromatic carbocycles. The van der Waals surface area contributed by atoms with E-state index in [1.54, 1.807) is 11.3 Å². The Labute approximate surface area is 144 Å². The Morgan fingerprint density at radius 1 is 1.35 bits per heavy atom. The highest BCUT2D eigenvalue weighted by Gasteiger charge is 2.10. The van der Waals surface area contributed by atoms with Gasteiger partial charge < -0.3 is 10.2 Å². The molecule has 1 heterocycles. The van der Waals surface area contributed by atoms with E-state index in [9.17, 15) is 10.2 Å². The first-order valence-corrected chi connectivity index (χ1v) is 9.43. The highest BCUT2D eigenvalue weighted by atomic mass is 32.1. The van der Waals surface area contributed by atoms with Gasteiger partial charge in [-0.25, -0.2) is 4.98 Å². The van der Waals surface area contributed by atoms with Gasteiger partial charge in [-0.1, -0.05) is 26.0 Å². The van der Waals surface area contributed by atoms with Crippen molar-refractivity contribution >= 4 is 17.4 Å². The third-order valence-corrected chi connectivity index (χ3v) is 4.96. The number of aliphatic hydroxyl groups is 2. The number of unbranched alkanes of at least 4 members (excludes halogenated alkanes) is 1. The minimum atomic E-state index is -0.450. The van der Waals surface area contributed by atoms with Crippen LogP contribution in [0.5, 0.6) is 0 Å². The Hall–Kier alpha value is -0.970. The average molecular weight is 338 g/mol. The van der Waals surface area contributed by atoms with E-state index < -0.39 is 6.10 Å². The molecule has 0 amide bonds. The van der Waals surface area contributed by atoms with Crippen LogP contribution in [0.4, 0.5) is 0 Å². The van der Waals surface area contributed by atoms with Crippen LogP contribution in [-0.2, 0) is 0 Å². The lowest BCUT2D eigenvalue weighted by Crippen LogP contribution is -2.15. The molecule has 0 saturated heterocycles. The second-order valence-corrected chi connectivity index (χ2v) is 7.35. The largest absolute Gasteiger partial charge is 0.393 e. The first kappa shape index (κ1) is 20.1. The van der Waals surface area contributed by atoms with Crippen molar-refractivity contribution in [1.82, 2.24) is 4.98 Å². The Bertz CT molecular complexity index is 507. The molecule has 0 aliphatic heterocycles. The molecule has 0 saturated carbocycles. The maximum Gasteiger partial charge on any atom is 0.0901 e. The lowest BCUT2D eigenvalue weighted by Gasteiger charge is -2.16. The Morgan fingerprint density at radius 3 is 2.70 bits per heavy atom. The van der Waals surface area contributed by atoms with E-state index in [2.05, 4.69) is 24.1 Å². The molecule has 0 aliphatic rings. The average Bonchev–Trinajstić information content (AvgIpc) is 2.94. The summed E-state index contributed by atoms with van der Waals surface area (Å²) in [4.78, 5) is 4.38. The predicted molar refractivity (Wildman–Crippen MR) is 99.6 cm³/mol. The molecular weight excluding hydrogens is 306 g/mol. The van der Waals surface area contributed by atoms with Gasteiger partial charge in [-0.3, -0.25) is 0 Å². The number of thiazole rings is 1. The van der Waals surface area contributed by atoms with Gasteiger partial charge in [0.25, 0.3) is 0 Å². The van der Waals surface area contributed by atoms with E-state index in [0.29, 0.717) is 12.3 Å². The quantitative estimate of drug-likeness (QED) is 0.479. The van der Waals surface area contributed by atoms with Gasteiger partial charge in [0.1, 0.15) is 0 Å². The Kier molecular flexibility index (Phi) is 9.37. The van der Waals surface area contributed by atoms with E-state index in [4.69, 9.17) is 0 Å². The zero-order chi connectivity index (χ0) is 17.2. The van der Waals surface area contributed by atoms with Crippen molar-refractivity contribution < 1.29 is 10.2 Å². The van der Waals surface area contributed by atoms with Crippen molar-refractivity contribution in [3.63, 3.8) is 0 Å². The molecule has 4 heteroatoms. The molecule has 0 fully saturated rings. The molecule has 1 aromatic rings. The molecule has 2 N–H and O–H groups in total. The summed E-state index contributed by atoms with van der Waals surface area (Å²) in [5.74, 6) is 0.366. The first-order valence-electron chi connectivity index (χ1n) is 8.55. The second kappa shape index (κ2) is 10.7. The van der Waals surface area contributed by atoms with E-state index in [0.717, 1.165) is 42.0 Å². The zero-order valence-corrected chi connectivity index (χ0v) is 15.6. The molecule has 130 valence electrons. The van der Waals surface area contributed by atoms with Crippen LogP contribution in [0.2, 0.25) is 0 Å². The highest BCUT2D eigenvalue weighted by Crippen LogP contribution is 2.16. The minimum Gasteiger partial charge on any atom is -0.393 e. The molecule has 23 heavy (non-hydrogen) atoms. The van der Waals surface area contributed by atoms with Gasteiger partial charge in [0.2, 0.25) is 0 Å². The van der Waals surface area contributed by atoms with Gasteiger partial charge in [-0.2, -0.15) is 0 Å². The molecule has 1 rings (SSSR count). The van der Waals surface area contributed by atoms with E-state index >= 15 is 0 Å². The summed E-state index contributed by atoms with van der Waals surface area (Å²) in [7, 11) is 0. The summed E-state index contributed by atoms with van der Waals surface area (Å²) in [6.45, 7) is 8.05. The van der Waals surface area contributed by atoms with Crippen molar-refractivity contribution in [2.75, 3.05) is 0 Å². The van der Waals surface area contributed by atoms with Crippen LogP contribution in [0, 0.1) is 12.8 Å². The third kappa shape index (κ3) is 7.91. The minimum absolute atomic E-state index is 0.178. The van der Waals surface area contributed by atoms with Crippen molar-refractivity contribution in [2.45, 2.75) is 72.0 Å². The normalized spacial score (nSPS) is 16.7. The number of aliphatic hydroxyl groups excluding tert-OH is 2. The maximum absolute atomic E-state index is 10.2. The lowest BCUT2D eigenvalue weighted by molar-refractivity contribution is 0.107. The third-order valence-electron chi connectivity index (χ3n) is 4.17. The van der Waals surface area contributed by atoms with Gasteiger partial charge in [0.05, 0.1) is 22.9 Å². The summed E-state index contributed by atoms with van der Waals surface area (Å²) in [5.41, 5.74) is 1.87. The van der Waals surface area contributed by atoms with Crippen LogP contribution in [-0.4, -0.2) is 27.4 Å². The number of hydrogen-bond donors (Lipinski definition) is 2. The molecule has 0 aliphatic carbocycles. The van der Waals surface area contributed by atoms with Crippen LogP contribution in [0.15, 0.2) is 23.1 Å². The fraction of sp³-hybridized carbons (Fsp3) is 0.632. The second-order valence-electron chi connectivity index (χ2n) is 6.29. The molecule has 1 aromatic heterocycles. The van der Waals surface area contributed by atoms with E-state index in [1.165, 1.54) is 0 Å². The van der Waals surface area contributed by atoms with E-state index in [1.807, 2.05) is 32.2 Å². The lowest BCUT2D eigenvalue weighted by atomic mass is 9.96. The topological polar surface area (TPSA) is 53.4 Å². The van der Waals surface area contributed by atoms with Crippen LogP contribution < -0.4 is 0 Å². The Morgan fingerprint density at radius 2 is 2.09 bits per heavy atom. The molecule has 3 nitrogen and oxygen atoms in total. The van der Waals surface area contributed by atoms with Crippen molar-refractivity contribution in [1.29, 1.82) is 0 Å². The van der Waals surface area contributed by atoms with Crippen LogP contribution in [0.25, 0.3) is 6.08 Å². The van der Waals surface area contributed by atoms with Gasteiger partial charge >= 0.3 is 0 Å². The maximum atomic E-state index is 10.2. The molecule has 0 radical (unpaired) electrons. The van der Waals surface area contributed by atoms with Gasteiger partial charge in [-0.05, 0) is 63.5 Å². The van der Waals surface area contributed by atoms with Crippen LogP contribution in [0.1, 0.15) is 63.6 Å². The highest BCUT2D eigenvalue weighted by molar-refractivity contribution is 7.09. The van der Waals surface area contributed by atoms with Crippen LogP contribution >= 0.6 is 11.3 Å². The number of rotatable bonds is 10. The molecule has 0 bridgehead atoms. The van der Waals surface area contributed by atoms with Crippen molar-refractivity contribution in [3.8, 4) is 0 Å². The summed E-state index contributed by atoms with van der Waals surface area (Å²) in [5, 5.41) is 22.9. The summed E-state index contributed by atoms with van der Waals surface area (Å²) < 4.78 is 0. The SMILES string of the molecule is CCC(O)C(C)CCCC=CCC(O)C(C)=Cc1csc(C)n1. The number of aryl methyl sites for hydroxylation is 1. The summed E-state index contributed by atoms with van der Waals surface area (Å²) in [6, 6.07) is 0. The van der Waals surface area contributed by atoms with Gasteiger partial charge in [-0.15, -0.1) is 11.3 Å². The van der Waals surface area contributed by atoms with Crippen LogP contribution in [0.3, 0.4) is 0 Å². The number of aromatic nitrogens is 1. The smallest absolute Gasteiger partial charge is 0.0901 e. The zero-order valence-electron chi connectivity index (χ0n) is 14.8. The van der Waals surface area contributed by atoms with Crippen molar-refractivity contribution in [3.05, 3.63) is 33.8 Å². The fourth-order valence-corrected chi connectivity index (χ4v) is 3.03. The molecule has 3 atom stereocenters. The fourth-order valence-electron chi connectivity index (χ4n) is 2.46. The summed E-state index contributed by atoms with van der Waals surface area (Å²) >= 11 is 1.62. The number of nitrogens with zero attached hydrogens (tertiary/aromatic N) is 1. The molecule has 0 spiro atoms.